The fraction of sp³-hybridized carbons (Fsp3) is 0.182. The van der Waals surface area contributed by atoms with Gasteiger partial charge in [0.1, 0.15) is 6.61 Å². The van der Waals surface area contributed by atoms with Crippen LogP contribution in [-0.2, 0) is 24.3 Å². The SMILES string of the molecule is O=C(Nc1cc2c(nc1-c1ccccc1)CCNC2)OCc1ccccc1. The van der Waals surface area contributed by atoms with Crippen LogP contribution in [0.4, 0.5) is 10.5 Å². The molecule has 1 aromatic heterocycles. The molecule has 0 saturated heterocycles. The number of ether oxygens (including phenoxy) is 1. The number of nitrogens with one attached hydrogen (secondary N) is 2. The zero-order valence-corrected chi connectivity index (χ0v) is 14.9. The highest BCUT2D eigenvalue weighted by atomic mass is 16.5. The maximum absolute atomic E-state index is 12.4. The number of anilines is 1. The Morgan fingerprint density at radius 2 is 1.81 bits per heavy atom. The minimum atomic E-state index is -0.485. The Bertz CT molecular complexity index is 927. The van der Waals surface area contributed by atoms with Crippen molar-refractivity contribution in [3.63, 3.8) is 0 Å². The molecule has 2 aromatic carbocycles. The van der Waals surface area contributed by atoms with Crippen LogP contribution in [0.1, 0.15) is 16.8 Å². The average molecular weight is 359 g/mol. The lowest BCUT2D eigenvalue weighted by Crippen LogP contribution is -2.25. The summed E-state index contributed by atoms with van der Waals surface area (Å²) in [5.74, 6) is 0. The summed E-state index contributed by atoms with van der Waals surface area (Å²) < 4.78 is 5.37. The molecular weight excluding hydrogens is 338 g/mol. The van der Waals surface area contributed by atoms with Gasteiger partial charge in [0, 0.05) is 30.8 Å². The first-order chi connectivity index (χ1) is 13.3. The van der Waals surface area contributed by atoms with Gasteiger partial charge in [0.25, 0.3) is 0 Å². The molecule has 1 aliphatic rings. The summed E-state index contributed by atoms with van der Waals surface area (Å²) in [6.07, 6.45) is 0.398. The number of carbonyl (C=O) groups excluding carboxylic acids is 1. The molecule has 5 nitrogen and oxygen atoms in total. The third kappa shape index (κ3) is 4.15. The van der Waals surface area contributed by atoms with Crippen molar-refractivity contribution in [3.8, 4) is 11.3 Å². The Hall–Kier alpha value is -3.18. The molecule has 0 saturated carbocycles. The quantitative estimate of drug-likeness (QED) is 0.735. The zero-order chi connectivity index (χ0) is 18.5. The first-order valence-corrected chi connectivity index (χ1v) is 9.06. The van der Waals surface area contributed by atoms with E-state index in [1.165, 1.54) is 0 Å². The predicted molar refractivity (Wildman–Crippen MR) is 105 cm³/mol. The van der Waals surface area contributed by atoms with E-state index in [-0.39, 0.29) is 6.61 Å². The molecule has 5 heteroatoms. The summed E-state index contributed by atoms with van der Waals surface area (Å²) in [7, 11) is 0. The second-order valence-corrected chi connectivity index (χ2v) is 6.47. The molecule has 4 rings (SSSR count). The van der Waals surface area contributed by atoms with Crippen LogP contribution in [0.15, 0.2) is 66.7 Å². The van der Waals surface area contributed by atoms with Crippen molar-refractivity contribution < 1.29 is 9.53 Å². The molecule has 0 spiro atoms. The summed E-state index contributed by atoms with van der Waals surface area (Å²) in [5, 5.41) is 6.22. The standard InChI is InChI=1S/C22H21N3O2/c26-22(27-15-16-7-3-1-4-8-16)25-20-13-18-14-23-12-11-19(18)24-21(20)17-9-5-2-6-10-17/h1-10,13,23H,11-12,14-15H2,(H,25,26). The molecule has 1 aliphatic heterocycles. The van der Waals surface area contributed by atoms with E-state index in [9.17, 15) is 4.79 Å². The van der Waals surface area contributed by atoms with Crippen LogP contribution in [0, 0.1) is 0 Å². The van der Waals surface area contributed by atoms with Crippen LogP contribution in [-0.4, -0.2) is 17.6 Å². The van der Waals surface area contributed by atoms with Crippen LogP contribution in [0.3, 0.4) is 0 Å². The molecule has 0 bridgehead atoms. The number of hydrogen-bond donors (Lipinski definition) is 2. The molecule has 1 amide bonds. The van der Waals surface area contributed by atoms with Gasteiger partial charge in [0.2, 0.25) is 0 Å². The summed E-state index contributed by atoms with van der Waals surface area (Å²) in [5.41, 5.74) is 5.55. The molecule has 0 radical (unpaired) electrons. The van der Waals surface area contributed by atoms with Gasteiger partial charge in [-0.2, -0.15) is 0 Å². The highest BCUT2D eigenvalue weighted by molar-refractivity contribution is 5.90. The number of aromatic nitrogens is 1. The summed E-state index contributed by atoms with van der Waals surface area (Å²) in [6.45, 7) is 1.90. The topological polar surface area (TPSA) is 63.2 Å². The van der Waals surface area contributed by atoms with Crippen LogP contribution in [0.2, 0.25) is 0 Å². The molecule has 27 heavy (non-hydrogen) atoms. The fourth-order valence-corrected chi connectivity index (χ4v) is 3.17. The predicted octanol–water partition coefficient (Wildman–Crippen LogP) is 4.14. The largest absolute Gasteiger partial charge is 0.444 e. The maximum atomic E-state index is 12.4. The number of benzene rings is 2. The van der Waals surface area contributed by atoms with Crippen molar-refractivity contribution in [3.05, 3.63) is 83.6 Å². The molecular formula is C22H21N3O2. The molecule has 0 fully saturated rings. The van der Waals surface area contributed by atoms with E-state index >= 15 is 0 Å². The van der Waals surface area contributed by atoms with Gasteiger partial charge in [-0.1, -0.05) is 60.7 Å². The molecule has 3 aromatic rings. The van der Waals surface area contributed by atoms with Gasteiger partial charge >= 0.3 is 6.09 Å². The number of carbonyl (C=O) groups is 1. The summed E-state index contributed by atoms with van der Waals surface area (Å²) in [4.78, 5) is 17.2. The first kappa shape index (κ1) is 17.2. The molecule has 136 valence electrons. The Morgan fingerprint density at radius 1 is 1.07 bits per heavy atom. The highest BCUT2D eigenvalue weighted by Crippen LogP contribution is 2.29. The Labute approximate surface area is 158 Å². The Kier molecular flexibility index (Phi) is 5.12. The van der Waals surface area contributed by atoms with E-state index in [1.54, 1.807) is 0 Å². The third-order valence-corrected chi connectivity index (χ3v) is 4.54. The van der Waals surface area contributed by atoms with E-state index in [0.29, 0.717) is 5.69 Å². The van der Waals surface area contributed by atoms with Gasteiger partial charge in [-0.05, 0) is 17.2 Å². The van der Waals surface area contributed by atoms with Crippen LogP contribution in [0.5, 0.6) is 0 Å². The number of pyridine rings is 1. The Balaban J connectivity index is 1.57. The second-order valence-electron chi connectivity index (χ2n) is 6.47. The van der Waals surface area contributed by atoms with Crippen molar-refractivity contribution in [2.24, 2.45) is 0 Å². The lowest BCUT2D eigenvalue weighted by Gasteiger charge is -2.20. The minimum absolute atomic E-state index is 0.229. The zero-order valence-electron chi connectivity index (χ0n) is 14.9. The summed E-state index contributed by atoms with van der Waals surface area (Å²) >= 11 is 0. The van der Waals surface area contributed by atoms with Gasteiger partial charge < -0.3 is 10.1 Å². The van der Waals surface area contributed by atoms with Crippen molar-refractivity contribution >= 4 is 11.8 Å². The maximum Gasteiger partial charge on any atom is 0.412 e. The number of nitrogens with zero attached hydrogens (tertiary/aromatic N) is 1. The number of rotatable bonds is 4. The normalized spacial score (nSPS) is 12.9. The molecule has 2 N–H and O–H groups in total. The van der Waals surface area contributed by atoms with Gasteiger partial charge in [-0.15, -0.1) is 0 Å². The number of fused-ring (bicyclic) bond motifs is 1. The Morgan fingerprint density at radius 3 is 2.59 bits per heavy atom. The van der Waals surface area contributed by atoms with E-state index in [1.807, 2.05) is 66.7 Å². The summed E-state index contributed by atoms with van der Waals surface area (Å²) in [6, 6.07) is 21.5. The monoisotopic (exact) mass is 359 g/mol. The second kappa shape index (κ2) is 8.01. The van der Waals surface area contributed by atoms with Gasteiger partial charge in [-0.25, -0.2) is 4.79 Å². The first-order valence-electron chi connectivity index (χ1n) is 9.06. The molecule has 2 heterocycles. The van der Waals surface area contributed by atoms with Crippen LogP contribution in [0.25, 0.3) is 11.3 Å². The number of hydrogen-bond acceptors (Lipinski definition) is 4. The van der Waals surface area contributed by atoms with Crippen molar-refractivity contribution in [1.29, 1.82) is 0 Å². The fourth-order valence-electron chi connectivity index (χ4n) is 3.17. The highest BCUT2D eigenvalue weighted by Gasteiger charge is 2.17. The lowest BCUT2D eigenvalue weighted by molar-refractivity contribution is 0.155. The molecule has 0 aliphatic carbocycles. The van der Waals surface area contributed by atoms with Gasteiger partial charge in [0.15, 0.2) is 0 Å². The van der Waals surface area contributed by atoms with E-state index < -0.39 is 6.09 Å². The van der Waals surface area contributed by atoms with Crippen LogP contribution >= 0.6 is 0 Å². The number of amides is 1. The van der Waals surface area contributed by atoms with Crippen molar-refractivity contribution in [1.82, 2.24) is 10.3 Å². The molecule has 0 atom stereocenters. The van der Waals surface area contributed by atoms with Crippen molar-refractivity contribution in [2.75, 3.05) is 11.9 Å². The smallest absolute Gasteiger partial charge is 0.412 e. The minimum Gasteiger partial charge on any atom is -0.444 e. The lowest BCUT2D eigenvalue weighted by atomic mass is 10.0. The van der Waals surface area contributed by atoms with E-state index in [4.69, 9.17) is 9.72 Å². The van der Waals surface area contributed by atoms with Gasteiger partial charge in [-0.3, -0.25) is 10.3 Å². The van der Waals surface area contributed by atoms with E-state index in [2.05, 4.69) is 10.6 Å². The third-order valence-electron chi connectivity index (χ3n) is 4.54. The molecule has 0 unspecified atom stereocenters. The van der Waals surface area contributed by atoms with Crippen LogP contribution < -0.4 is 10.6 Å². The average Bonchev–Trinajstić information content (AvgIpc) is 2.73. The van der Waals surface area contributed by atoms with E-state index in [0.717, 1.165) is 47.6 Å². The van der Waals surface area contributed by atoms with Crippen molar-refractivity contribution in [2.45, 2.75) is 19.6 Å². The van der Waals surface area contributed by atoms with Gasteiger partial charge in [0.05, 0.1) is 11.4 Å².